The van der Waals surface area contributed by atoms with Gasteiger partial charge in [0.1, 0.15) is 11.8 Å². The van der Waals surface area contributed by atoms with E-state index < -0.39 is 41.7 Å². The average molecular weight is 252 g/mol. The van der Waals surface area contributed by atoms with E-state index in [4.69, 9.17) is 10.4 Å². The Labute approximate surface area is 92.1 Å². The Morgan fingerprint density at radius 3 is 2.35 bits per heavy atom. The highest BCUT2D eigenvalue weighted by molar-refractivity contribution is 5.44. The molecule has 0 aliphatic carbocycles. The molecular weight excluding hydrogens is 247 g/mol. The third-order valence-corrected chi connectivity index (χ3v) is 1.90. The molecule has 0 atom stereocenters. The summed E-state index contributed by atoms with van der Waals surface area (Å²) in [6.07, 6.45) is -8.17. The highest BCUT2D eigenvalue weighted by Crippen LogP contribution is 2.34. The Balaban J connectivity index is 3.56. The third kappa shape index (κ3) is 2.68. The molecule has 0 radical (unpaired) electrons. The number of aliphatic hydroxyl groups excluding tert-OH is 1. The molecule has 0 amide bonds. The number of alkyl halides is 5. The van der Waals surface area contributed by atoms with Gasteiger partial charge in [0.15, 0.2) is 0 Å². The summed E-state index contributed by atoms with van der Waals surface area (Å²) in [6.45, 7) is -1.02. The van der Waals surface area contributed by atoms with Crippen molar-refractivity contribution in [3.8, 4) is 6.07 Å². The van der Waals surface area contributed by atoms with Crippen LogP contribution in [0.25, 0.3) is 0 Å². The van der Waals surface area contributed by atoms with Crippen molar-refractivity contribution in [3.63, 3.8) is 0 Å². The van der Waals surface area contributed by atoms with Gasteiger partial charge in [-0.2, -0.15) is 18.4 Å². The van der Waals surface area contributed by atoms with Crippen LogP contribution in [0.4, 0.5) is 22.0 Å². The predicted octanol–water partition coefficient (Wildman–Crippen LogP) is 2.40. The highest BCUT2D eigenvalue weighted by Gasteiger charge is 2.36. The number of pyridine rings is 1. The first kappa shape index (κ1) is 13.3. The number of halogens is 5. The van der Waals surface area contributed by atoms with E-state index in [9.17, 15) is 22.0 Å². The molecule has 0 fully saturated rings. The lowest BCUT2D eigenvalue weighted by atomic mass is 10.1. The topological polar surface area (TPSA) is 56.9 Å². The van der Waals surface area contributed by atoms with Gasteiger partial charge in [0.05, 0.1) is 23.4 Å². The minimum Gasteiger partial charge on any atom is -0.390 e. The molecule has 0 aromatic carbocycles. The summed E-state index contributed by atoms with van der Waals surface area (Å²) in [6, 6.07) is 1.31. The lowest BCUT2D eigenvalue weighted by molar-refractivity contribution is -0.138. The summed E-state index contributed by atoms with van der Waals surface area (Å²) in [4.78, 5) is 3.11. The minimum absolute atomic E-state index is 0.113. The molecule has 0 spiro atoms. The van der Waals surface area contributed by atoms with Crippen molar-refractivity contribution in [1.29, 1.82) is 5.26 Å². The number of nitrogens with zero attached hydrogens (tertiary/aromatic N) is 2. The second kappa shape index (κ2) is 4.63. The van der Waals surface area contributed by atoms with Gasteiger partial charge >= 0.3 is 6.18 Å². The van der Waals surface area contributed by atoms with Gasteiger partial charge in [-0.05, 0) is 6.07 Å². The van der Waals surface area contributed by atoms with Crippen LogP contribution >= 0.6 is 0 Å². The zero-order chi connectivity index (χ0) is 13.2. The molecular formula is C9H5F5N2O. The molecule has 0 aliphatic rings. The monoisotopic (exact) mass is 252 g/mol. The molecule has 1 aromatic heterocycles. The molecule has 92 valence electrons. The van der Waals surface area contributed by atoms with Crippen molar-refractivity contribution < 1.29 is 27.1 Å². The smallest absolute Gasteiger partial charge is 0.390 e. The number of rotatable bonds is 2. The summed E-state index contributed by atoms with van der Waals surface area (Å²) < 4.78 is 62.1. The number of aliphatic hydroxyl groups is 1. The first-order chi connectivity index (χ1) is 7.81. The van der Waals surface area contributed by atoms with Crippen LogP contribution in [0, 0.1) is 11.3 Å². The summed E-state index contributed by atoms with van der Waals surface area (Å²) in [7, 11) is 0. The number of aromatic nitrogens is 1. The Bertz CT molecular complexity index is 464. The second-order valence-electron chi connectivity index (χ2n) is 2.98. The van der Waals surface area contributed by atoms with Crippen molar-refractivity contribution in [1.82, 2.24) is 4.98 Å². The molecule has 0 aliphatic heterocycles. The van der Waals surface area contributed by atoms with Crippen molar-refractivity contribution in [2.45, 2.75) is 19.2 Å². The fourth-order valence-corrected chi connectivity index (χ4v) is 1.19. The maximum Gasteiger partial charge on any atom is 0.417 e. The molecule has 0 saturated heterocycles. The summed E-state index contributed by atoms with van der Waals surface area (Å²) in [5.74, 6) is 0. The quantitative estimate of drug-likeness (QED) is 0.822. The van der Waals surface area contributed by atoms with Crippen LogP contribution in [0.3, 0.4) is 0 Å². The first-order valence-corrected chi connectivity index (χ1v) is 4.21. The number of nitriles is 1. The molecule has 1 heterocycles. The van der Waals surface area contributed by atoms with Crippen LogP contribution < -0.4 is 0 Å². The Morgan fingerprint density at radius 2 is 2.00 bits per heavy atom. The summed E-state index contributed by atoms with van der Waals surface area (Å²) >= 11 is 0. The van der Waals surface area contributed by atoms with E-state index in [1.54, 1.807) is 0 Å². The van der Waals surface area contributed by atoms with E-state index in [0.717, 1.165) is 0 Å². The van der Waals surface area contributed by atoms with Gasteiger partial charge in [0.2, 0.25) is 0 Å². The molecule has 0 saturated carbocycles. The standard InChI is InChI=1S/C9H5F5N2O/c10-8(11)6-1-5(9(12,13)14)4(2-15)7(3-17)16-6/h1,8,17H,3H2. The number of hydrogen-bond donors (Lipinski definition) is 1. The summed E-state index contributed by atoms with van der Waals surface area (Å²) in [5, 5.41) is 17.3. The maximum absolute atomic E-state index is 12.5. The zero-order valence-electron chi connectivity index (χ0n) is 8.09. The fourth-order valence-electron chi connectivity index (χ4n) is 1.19. The highest BCUT2D eigenvalue weighted by atomic mass is 19.4. The fraction of sp³-hybridized carbons (Fsp3) is 0.333. The van der Waals surface area contributed by atoms with E-state index in [1.165, 1.54) is 6.07 Å². The second-order valence-corrected chi connectivity index (χ2v) is 2.98. The molecule has 1 rings (SSSR count). The largest absolute Gasteiger partial charge is 0.417 e. The van der Waals surface area contributed by atoms with Gasteiger partial charge in [-0.1, -0.05) is 0 Å². The first-order valence-electron chi connectivity index (χ1n) is 4.21. The molecule has 1 N–H and O–H groups in total. The normalized spacial score (nSPS) is 11.6. The van der Waals surface area contributed by atoms with Gasteiger partial charge in [0, 0.05) is 0 Å². The van der Waals surface area contributed by atoms with E-state index in [1.807, 2.05) is 0 Å². The van der Waals surface area contributed by atoms with E-state index in [0.29, 0.717) is 0 Å². The lowest BCUT2D eigenvalue weighted by Gasteiger charge is -2.12. The van der Waals surface area contributed by atoms with E-state index in [2.05, 4.69) is 4.98 Å². The number of hydrogen-bond acceptors (Lipinski definition) is 3. The van der Waals surface area contributed by atoms with Gasteiger partial charge in [-0.25, -0.2) is 13.8 Å². The Hall–Kier alpha value is -1.75. The SMILES string of the molecule is N#Cc1c(C(F)(F)F)cc(C(F)F)nc1CO. The zero-order valence-corrected chi connectivity index (χ0v) is 8.09. The molecule has 0 unspecified atom stereocenters. The van der Waals surface area contributed by atoms with Crippen molar-refractivity contribution in [2.24, 2.45) is 0 Å². The van der Waals surface area contributed by atoms with Gasteiger partial charge in [-0.3, -0.25) is 0 Å². The van der Waals surface area contributed by atoms with Gasteiger partial charge in [0.25, 0.3) is 6.43 Å². The molecule has 1 aromatic rings. The van der Waals surface area contributed by atoms with Crippen molar-refractivity contribution >= 4 is 0 Å². The maximum atomic E-state index is 12.5. The van der Waals surface area contributed by atoms with E-state index in [-0.39, 0.29) is 6.07 Å². The molecule has 8 heteroatoms. The molecule has 3 nitrogen and oxygen atoms in total. The average Bonchev–Trinajstić information content (AvgIpc) is 2.25. The minimum atomic E-state index is -4.96. The molecule has 0 bridgehead atoms. The van der Waals surface area contributed by atoms with Crippen LogP contribution in [-0.2, 0) is 12.8 Å². The lowest BCUT2D eigenvalue weighted by Crippen LogP contribution is -2.13. The van der Waals surface area contributed by atoms with Crippen LogP contribution in [0.5, 0.6) is 0 Å². The summed E-state index contributed by atoms with van der Waals surface area (Å²) in [5.41, 5.74) is -4.29. The molecule has 17 heavy (non-hydrogen) atoms. The Kier molecular flexibility index (Phi) is 3.63. The van der Waals surface area contributed by atoms with E-state index >= 15 is 0 Å². The third-order valence-electron chi connectivity index (χ3n) is 1.90. The predicted molar refractivity (Wildman–Crippen MR) is 44.8 cm³/mol. The van der Waals surface area contributed by atoms with Crippen LogP contribution in [-0.4, -0.2) is 10.1 Å². The van der Waals surface area contributed by atoms with Crippen LogP contribution in [0.1, 0.15) is 28.9 Å². The van der Waals surface area contributed by atoms with Crippen molar-refractivity contribution in [3.05, 3.63) is 28.6 Å². The van der Waals surface area contributed by atoms with Gasteiger partial charge < -0.3 is 5.11 Å². The van der Waals surface area contributed by atoms with Crippen LogP contribution in [0.15, 0.2) is 6.07 Å². The van der Waals surface area contributed by atoms with Crippen molar-refractivity contribution in [2.75, 3.05) is 0 Å². The van der Waals surface area contributed by atoms with Crippen LogP contribution in [0.2, 0.25) is 0 Å². The van der Waals surface area contributed by atoms with Gasteiger partial charge in [-0.15, -0.1) is 0 Å². The Morgan fingerprint density at radius 1 is 1.41 bits per heavy atom.